The predicted molar refractivity (Wildman–Crippen MR) is 88.7 cm³/mol. The highest BCUT2D eigenvalue weighted by molar-refractivity contribution is 7.15. The van der Waals surface area contributed by atoms with E-state index >= 15 is 0 Å². The number of thiazole rings is 1. The van der Waals surface area contributed by atoms with Crippen LogP contribution in [0.25, 0.3) is 0 Å². The monoisotopic (exact) mass is 295 g/mol. The van der Waals surface area contributed by atoms with E-state index in [1.54, 1.807) is 0 Å². The first-order valence-electron chi connectivity index (χ1n) is 7.88. The van der Waals surface area contributed by atoms with E-state index in [1.165, 1.54) is 28.5 Å². The van der Waals surface area contributed by atoms with Gasteiger partial charge in [0.05, 0.1) is 5.69 Å². The van der Waals surface area contributed by atoms with E-state index in [-0.39, 0.29) is 0 Å². The Morgan fingerprint density at radius 1 is 1.25 bits per heavy atom. The number of hydrogen-bond acceptors (Lipinski definition) is 4. The number of nitrogens with one attached hydrogen (secondary N) is 1. The van der Waals surface area contributed by atoms with E-state index in [9.17, 15) is 0 Å². The molecule has 4 heteroatoms. The Morgan fingerprint density at radius 3 is 2.50 bits per heavy atom. The van der Waals surface area contributed by atoms with Gasteiger partial charge >= 0.3 is 0 Å². The van der Waals surface area contributed by atoms with Gasteiger partial charge < -0.3 is 10.2 Å². The minimum Gasteiger partial charge on any atom is -0.351 e. The molecule has 1 N–H and O–H groups in total. The molecule has 3 nitrogen and oxygen atoms in total. The van der Waals surface area contributed by atoms with Crippen LogP contribution < -0.4 is 10.2 Å². The number of aromatic nitrogens is 1. The lowest BCUT2D eigenvalue weighted by molar-refractivity contribution is 0.553. The summed E-state index contributed by atoms with van der Waals surface area (Å²) in [6.07, 6.45) is 2.66. The lowest BCUT2D eigenvalue weighted by Gasteiger charge is -2.17. The lowest BCUT2D eigenvalue weighted by atomic mass is 10.2. The summed E-state index contributed by atoms with van der Waals surface area (Å²) in [5.74, 6) is 2.12. The fourth-order valence-corrected chi connectivity index (χ4v) is 3.50. The summed E-state index contributed by atoms with van der Waals surface area (Å²) in [4.78, 5) is 8.70. The van der Waals surface area contributed by atoms with Crippen molar-refractivity contribution < 1.29 is 0 Å². The number of anilines is 1. The topological polar surface area (TPSA) is 28.2 Å². The van der Waals surface area contributed by atoms with E-state index in [4.69, 9.17) is 4.98 Å². The van der Waals surface area contributed by atoms with Crippen LogP contribution in [0.3, 0.4) is 0 Å². The van der Waals surface area contributed by atoms with E-state index in [1.807, 2.05) is 11.3 Å². The molecule has 0 aromatic carbocycles. The molecule has 0 unspecified atom stereocenters. The first-order valence-corrected chi connectivity index (χ1v) is 8.70. The molecule has 0 radical (unpaired) electrons. The van der Waals surface area contributed by atoms with Gasteiger partial charge in [-0.15, -0.1) is 11.3 Å². The normalized spacial score (nSPS) is 15.3. The van der Waals surface area contributed by atoms with Crippen LogP contribution in [0.5, 0.6) is 0 Å². The second kappa shape index (κ2) is 6.90. The van der Waals surface area contributed by atoms with Crippen molar-refractivity contribution in [2.24, 2.45) is 11.8 Å². The molecule has 0 aliphatic heterocycles. The molecule has 1 aromatic rings. The molecule has 0 bridgehead atoms. The Labute approximate surface area is 127 Å². The first-order chi connectivity index (χ1) is 9.47. The molecule has 1 aliphatic carbocycles. The van der Waals surface area contributed by atoms with Crippen molar-refractivity contribution in [3.8, 4) is 0 Å². The second-order valence-corrected chi connectivity index (χ2v) is 7.94. The zero-order valence-electron chi connectivity index (χ0n) is 13.6. The first kappa shape index (κ1) is 15.8. The Kier molecular flexibility index (Phi) is 5.44. The minimum absolute atomic E-state index is 0.677. The summed E-state index contributed by atoms with van der Waals surface area (Å²) in [5, 5.41) is 4.77. The summed E-state index contributed by atoms with van der Waals surface area (Å²) in [6.45, 7) is 12.2. The maximum absolute atomic E-state index is 4.93. The van der Waals surface area contributed by atoms with Crippen molar-refractivity contribution in [2.75, 3.05) is 25.0 Å². The fraction of sp³-hybridized carbons (Fsp3) is 0.812. The summed E-state index contributed by atoms with van der Waals surface area (Å²) in [7, 11) is 2.17. The molecule has 2 rings (SSSR count). The summed E-state index contributed by atoms with van der Waals surface area (Å²) < 4.78 is 0. The molecule has 1 heterocycles. The van der Waals surface area contributed by atoms with Crippen LogP contribution in [-0.2, 0) is 6.54 Å². The third-order valence-electron chi connectivity index (χ3n) is 3.48. The number of hydrogen-bond donors (Lipinski definition) is 1. The Bertz CT molecular complexity index is 421. The Morgan fingerprint density at radius 2 is 1.95 bits per heavy atom. The highest BCUT2D eigenvalue weighted by atomic mass is 32.1. The standard InChI is InChI=1S/C16H29N3S/c1-11(2)8-17-9-14-15(13-6-7-13)18-16(20-14)19(5)10-12(3)4/h11-13,17H,6-10H2,1-5H3. The van der Waals surface area contributed by atoms with Crippen LogP contribution in [-0.4, -0.2) is 25.1 Å². The van der Waals surface area contributed by atoms with Gasteiger partial charge in [-0.2, -0.15) is 0 Å². The summed E-state index contributed by atoms with van der Waals surface area (Å²) >= 11 is 1.88. The Hall–Kier alpha value is -0.610. The zero-order chi connectivity index (χ0) is 14.7. The van der Waals surface area contributed by atoms with Gasteiger partial charge in [-0.1, -0.05) is 27.7 Å². The highest BCUT2D eigenvalue weighted by Crippen LogP contribution is 2.44. The molecule has 0 spiro atoms. The summed E-state index contributed by atoms with van der Waals surface area (Å²) in [5.41, 5.74) is 1.37. The van der Waals surface area contributed by atoms with E-state index in [2.05, 4.69) is 45.0 Å². The largest absolute Gasteiger partial charge is 0.351 e. The third kappa shape index (κ3) is 4.45. The van der Waals surface area contributed by atoms with Crippen LogP contribution in [0.15, 0.2) is 0 Å². The Balaban J connectivity index is 2.03. The van der Waals surface area contributed by atoms with Crippen molar-refractivity contribution in [3.05, 3.63) is 10.6 Å². The molecular weight excluding hydrogens is 266 g/mol. The van der Waals surface area contributed by atoms with Crippen LogP contribution in [0, 0.1) is 11.8 Å². The molecule has 1 aliphatic rings. The molecule has 1 fully saturated rings. The quantitative estimate of drug-likeness (QED) is 0.789. The van der Waals surface area contributed by atoms with Gasteiger partial charge in [-0.25, -0.2) is 4.98 Å². The molecule has 0 atom stereocenters. The predicted octanol–water partition coefficient (Wildman–Crippen LogP) is 3.86. The number of rotatable bonds is 8. The van der Waals surface area contributed by atoms with Gasteiger partial charge in [-0.3, -0.25) is 0 Å². The molecule has 114 valence electrons. The van der Waals surface area contributed by atoms with Crippen LogP contribution in [0.4, 0.5) is 5.13 Å². The van der Waals surface area contributed by atoms with E-state index in [0.717, 1.165) is 25.6 Å². The molecule has 0 amide bonds. The SMILES string of the molecule is CC(C)CNCc1sc(N(C)CC(C)C)nc1C1CC1. The van der Waals surface area contributed by atoms with Crippen molar-refractivity contribution in [1.29, 1.82) is 0 Å². The maximum atomic E-state index is 4.93. The van der Waals surface area contributed by atoms with Crippen LogP contribution in [0.2, 0.25) is 0 Å². The van der Waals surface area contributed by atoms with Gasteiger partial charge in [-0.05, 0) is 31.2 Å². The van der Waals surface area contributed by atoms with Gasteiger partial charge in [0.1, 0.15) is 0 Å². The van der Waals surface area contributed by atoms with Gasteiger partial charge in [0, 0.05) is 30.9 Å². The molecule has 1 aromatic heterocycles. The minimum atomic E-state index is 0.677. The smallest absolute Gasteiger partial charge is 0.185 e. The third-order valence-corrected chi connectivity index (χ3v) is 4.67. The average Bonchev–Trinajstić information content (AvgIpc) is 3.09. The van der Waals surface area contributed by atoms with Crippen molar-refractivity contribution in [1.82, 2.24) is 10.3 Å². The summed E-state index contributed by atoms with van der Waals surface area (Å²) in [6, 6.07) is 0. The van der Waals surface area contributed by atoms with E-state index in [0.29, 0.717) is 11.8 Å². The lowest BCUT2D eigenvalue weighted by Crippen LogP contribution is -2.22. The molecule has 20 heavy (non-hydrogen) atoms. The van der Waals surface area contributed by atoms with Crippen molar-refractivity contribution in [2.45, 2.75) is 53.0 Å². The maximum Gasteiger partial charge on any atom is 0.185 e. The van der Waals surface area contributed by atoms with E-state index < -0.39 is 0 Å². The molecule has 1 saturated carbocycles. The highest BCUT2D eigenvalue weighted by Gasteiger charge is 2.30. The number of nitrogens with zero attached hydrogens (tertiary/aromatic N) is 2. The molecule has 0 saturated heterocycles. The van der Waals surface area contributed by atoms with Gasteiger partial charge in [0.25, 0.3) is 0 Å². The molecular formula is C16H29N3S. The van der Waals surface area contributed by atoms with Crippen molar-refractivity contribution >= 4 is 16.5 Å². The van der Waals surface area contributed by atoms with Crippen LogP contribution in [0.1, 0.15) is 57.0 Å². The van der Waals surface area contributed by atoms with Gasteiger partial charge in [0.2, 0.25) is 0 Å². The van der Waals surface area contributed by atoms with Crippen molar-refractivity contribution in [3.63, 3.8) is 0 Å². The van der Waals surface area contributed by atoms with Crippen LogP contribution >= 0.6 is 11.3 Å². The average molecular weight is 295 g/mol. The second-order valence-electron chi connectivity index (χ2n) is 6.88. The zero-order valence-corrected chi connectivity index (χ0v) is 14.4. The van der Waals surface area contributed by atoms with Gasteiger partial charge in [0.15, 0.2) is 5.13 Å². The fourth-order valence-electron chi connectivity index (χ4n) is 2.42.